The molecule has 7 heteroatoms. The highest BCUT2D eigenvalue weighted by Gasteiger charge is 2.30. The van der Waals surface area contributed by atoms with Crippen molar-refractivity contribution in [3.63, 3.8) is 0 Å². The molecule has 0 aliphatic rings. The van der Waals surface area contributed by atoms with Crippen LogP contribution in [0.2, 0.25) is 0 Å². The van der Waals surface area contributed by atoms with Gasteiger partial charge in [-0.2, -0.15) is 0 Å². The number of halogens is 1. The maximum Gasteiger partial charge on any atom is 0.347 e. The molecule has 188 valence electrons. The number of hydrogen-bond donors (Lipinski definition) is 1. The molecule has 4 aromatic rings. The number of aliphatic carboxylic acids is 1. The van der Waals surface area contributed by atoms with Crippen LogP contribution in [0.3, 0.4) is 0 Å². The lowest BCUT2D eigenvalue weighted by Gasteiger charge is -2.23. The lowest BCUT2D eigenvalue weighted by Crippen LogP contribution is -2.38. The zero-order valence-electron chi connectivity index (χ0n) is 21.0. The van der Waals surface area contributed by atoms with E-state index in [1.165, 1.54) is 0 Å². The number of fused-ring (bicyclic) bond motifs is 1. The molecule has 1 N–H and O–H groups in total. The van der Waals surface area contributed by atoms with Crippen LogP contribution < -0.4 is 9.47 Å². The SMILES string of the molecule is CCc1cc(COc2ccccc2Cn2c(CC)nc3cc(Br)ccc32)ccc1OC(C)(C)C(=O)O. The largest absolute Gasteiger partial charge is 0.489 e. The first-order valence-electron chi connectivity index (χ1n) is 12.1. The molecule has 6 nitrogen and oxygen atoms in total. The molecule has 0 aliphatic heterocycles. The molecule has 1 heterocycles. The number of carbonyl (C=O) groups is 1. The molecule has 3 aromatic carbocycles. The predicted molar refractivity (Wildman–Crippen MR) is 145 cm³/mol. The molecule has 0 fully saturated rings. The van der Waals surface area contributed by atoms with Gasteiger partial charge in [0.2, 0.25) is 0 Å². The van der Waals surface area contributed by atoms with Crippen LogP contribution in [0, 0.1) is 0 Å². The lowest BCUT2D eigenvalue weighted by atomic mass is 10.1. The Balaban J connectivity index is 1.55. The zero-order valence-corrected chi connectivity index (χ0v) is 22.6. The molecule has 4 rings (SSSR count). The molecule has 0 aliphatic carbocycles. The summed E-state index contributed by atoms with van der Waals surface area (Å²) in [6, 6.07) is 20.0. The van der Waals surface area contributed by atoms with Crippen LogP contribution in [0.15, 0.2) is 65.1 Å². The Morgan fingerprint density at radius 2 is 1.78 bits per heavy atom. The standard InChI is InChI=1S/C29H31BrN2O4/c1-5-20-15-19(11-14-26(20)36-29(3,4)28(33)34)18-35-25-10-8-7-9-21(25)17-32-24-13-12-22(30)16-23(24)31-27(32)6-2/h7-16H,5-6,17-18H2,1-4H3,(H,33,34). The van der Waals surface area contributed by atoms with Gasteiger partial charge in [0, 0.05) is 16.5 Å². The zero-order chi connectivity index (χ0) is 25.9. The van der Waals surface area contributed by atoms with Crippen molar-refractivity contribution in [2.24, 2.45) is 0 Å². The Labute approximate surface area is 220 Å². The number of rotatable bonds is 10. The number of hydrogen-bond acceptors (Lipinski definition) is 4. The van der Waals surface area contributed by atoms with Crippen molar-refractivity contribution in [3.8, 4) is 11.5 Å². The van der Waals surface area contributed by atoms with Crippen molar-refractivity contribution >= 4 is 32.9 Å². The second-order valence-corrected chi connectivity index (χ2v) is 10.1. The van der Waals surface area contributed by atoms with Crippen molar-refractivity contribution in [1.29, 1.82) is 0 Å². The molecule has 0 bridgehead atoms. The molecule has 1 aromatic heterocycles. The molecular weight excluding hydrogens is 520 g/mol. The fraction of sp³-hybridized carbons (Fsp3) is 0.310. The molecule has 0 saturated carbocycles. The van der Waals surface area contributed by atoms with Crippen LogP contribution >= 0.6 is 15.9 Å². The Morgan fingerprint density at radius 3 is 2.50 bits per heavy atom. The van der Waals surface area contributed by atoms with Crippen LogP contribution in [0.1, 0.15) is 50.2 Å². The summed E-state index contributed by atoms with van der Waals surface area (Å²) < 4.78 is 15.3. The van der Waals surface area contributed by atoms with E-state index < -0.39 is 11.6 Å². The van der Waals surface area contributed by atoms with E-state index in [1.807, 2.05) is 55.5 Å². The summed E-state index contributed by atoms with van der Waals surface area (Å²) in [5, 5.41) is 9.40. The normalized spacial score (nSPS) is 11.6. The fourth-order valence-electron chi connectivity index (χ4n) is 4.12. The summed E-state index contributed by atoms with van der Waals surface area (Å²) in [5.41, 5.74) is 3.79. The number of aryl methyl sites for hydroxylation is 2. The van der Waals surface area contributed by atoms with Gasteiger partial charge in [-0.25, -0.2) is 9.78 Å². The second-order valence-electron chi connectivity index (χ2n) is 9.21. The third-order valence-corrected chi connectivity index (χ3v) is 6.68. The highest BCUT2D eigenvalue weighted by molar-refractivity contribution is 9.10. The highest BCUT2D eigenvalue weighted by atomic mass is 79.9. The number of para-hydroxylation sites is 1. The number of carboxylic acid groups (broad SMARTS) is 1. The quantitative estimate of drug-likeness (QED) is 0.235. The number of nitrogens with zero attached hydrogens (tertiary/aromatic N) is 2. The molecular formula is C29H31BrN2O4. The van der Waals surface area contributed by atoms with E-state index >= 15 is 0 Å². The minimum Gasteiger partial charge on any atom is -0.489 e. The Hall–Kier alpha value is -3.32. The van der Waals surface area contributed by atoms with E-state index in [-0.39, 0.29) is 0 Å². The molecule has 0 radical (unpaired) electrons. The molecule has 36 heavy (non-hydrogen) atoms. The number of ether oxygens (including phenoxy) is 2. The van der Waals surface area contributed by atoms with Gasteiger partial charge in [0.1, 0.15) is 23.9 Å². The summed E-state index contributed by atoms with van der Waals surface area (Å²) in [4.78, 5) is 16.3. The number of aromatic nitrogens is 2. The van der Waals surface area contributed by atoms with Gasteiger partial charge < -0.3 is 19.1 Å². The van der Waals surface area contributed by atoms with Gasteiger partial charge in [-0.3, -0.25) is 0 Å². The summed E-state index contributed by atoms with van der Waals surface area (Å²) in [5.74, 6) is 1.44. The van der Waals surface area contributed by atoms with E-state index in [9.17, 15) is 9.90 Å². The molecule has 0 saturated heterocycles. The summed E-state index contributed by atoms with van der Waals surface area (Å²) in [7, 11) is 0. The predicted octanol–water partition coefficient (Wildman–Crippen LogP) is 6.79. The third-order valence-electron chi connectivity index (χ3n) is 6.19. The van der Waals surface area contributed by atoms with Gasteiger partial charge in [-0.1, -0.05) is 54.0 Å². The molecule has 0 amide bonds. The first kappa shape index (κ1) is 25.8. The smallest absolute Gasteiger partial charge is 0.347 e. The summed E-state index contributed by atoms with van der Waals surface area (Å²) in [6.07, 6.45) is 1.56. The second kappa shape index (κ2) is 10.7. The van der Waals surface area contributed by atoms with Crippen LogP contribution in [-0.4, -0.2) is 26.2 Å². The van der Waals surface area contributed by atoms with E-state index in [1.54, 1.807) is 13.8 Å². The van der Waals surface area contributed by atoms with E-state index in [4.69, 9.17) is 14.5 Å². The van der Waals surface area contributed by atoms with Crippen LogP contribution in [0.4, 0.5) is 0 Å². The fourth-order valence-corrected chi connectivity index (χ4v) is 4.47. The van der Waals surface area contributed by atoms with E-state index in [0.29, 0.717) is 18.9 Å². The minimum atomic E-state index is -1.30. The van der Waals surface area contributed by atoms with Crippen LogP contribution in [0.25, 0.3) is 11.0 Å². The maximum absolute atomic E-state index is 11.5. The van der Waals surface area contributed by atoms with Gasteiger partial charge in [0.05, 0.1) is 17.6 Å². The Bertz CT molecular complexity index is 1390. The van der Waals surface area contributed by atoms with Crippen molar-refractivity contribution in [3.05, 3.63) is 87.7 Å². The van der Waals surface area contributed by atoms with Gasteiger partial charge in [0.15, 0.2) is 5.60 Å². The van der Waals surface area contributed by atoms with Crippen LogP contribution in [-0.2, 0) is 30.8 Å². The van der Waals surface area contributed by atoms with E-state index in [0.717, 1.165) is 56.6 Å². The summed E-state index contributed by atoms with van der Waals surface area (Å²) >= 11 is 3.54. The van der Waals surface area contributed by atoms with E-state index in [2.05, 4.69) is 39.6 Å². The minimum absolute atomic E-state index is 0.394. The Kier molecular flexibility index (Phi) is 7.69. The lowest BCUT2D eigenvalue weighted by molar-refractivity contribution is -0.152. The summed E-state index contributed by atoms with van der Waals surface area (Å²) in [6.45, 7) is 8.30. The van der Waals surface area contributed by atoms with Crippen molar-refractivity contribution in [2.45, 2.75) is 59.3 Å². The number of imidazole rings is 1. The van der Waals surface area contributed by atoms with Gasteiger partial charge >= 0.3 is 5.97 Å². The Morgan fingerprint density at radius 1 is 1.00 bits per heavy atom. The number of carboxylic acids is 1. The van der Waals surface area contributed by atoms with Crippen molar-refractivity contribution in [2.75, 3.05) is 0 Å². The van der Waals surface area contributed by atoms with Crippen molar-refractivity contribution in [1.82, 2.24) is 9.55 Å². The molecule has 0 spiro atoms. The highest BCUT2D eigenvalue weighted by Crippen LogP contribution is 2.28. The molecule has 0 unspecified atom stereocenters. The topological polar surface area (TPSA) is 73.6 Å². The van der Waals surface area contributed by atoms with Crippen LogP contribution in [0.5, 0.6) is 11.5 Å². The first-order chi connectivity index (χ1) is 17.2. The van der Waals surface area contributed by atoms with Crippen molar-refractivity contribution < 1.29 is 19.4 Å². The average molecular weight is 551 g/mol. The average Bonchev–Trinajstić information content (AvgIpc) is 3.20. The first-order valence-corrected chi connectivity index (χ1v) is 12.9. The van der Waals surface area contributed by atoms with Gasteiger partial charge in [0.25, 0.3) is 0 Å². The van der Waals surface area contributed by atoms with Gasteiger partial charge in [-0.15, -0.1) is 0 Å². The van der Waals surface area contributed by atoms with Gasteiger partial charge in [-0.05, 0) is 67.8 Å². The molecule has 0 atom stereocenters. The number of benzene rings is 3. The maximum atomic E-state index is 11.5. The third kappa shape index (κ3) is 5.57. The monoisotopic (exact) mass is 550 g/mol.